The van der Waals surface area contributed by atoms with E-state index >= 15 is 0 Å². The Labute approximate surface area is 163 Å². The number of carbonyl (C=O) groups is 1. The Morgan fingerprint density at radius 2 is 1.96 bits per heavy atom. The highest BCUT2D eigenvalue weighted by Crippen LogP contribution is 2.28. The van der Waals surface area contributed by atoms with Gasteiger partial charge >= 0.3 is 0 Å². The van der Waals surface area contributed by atoms with Crippen LogP contribution in [0.5, 0.6) is 0 Å². The normalized spacial score (nSPS) is 13.3. The first-order chi connectivity index (χ1) is 13.2. The Balaban J connectivity index is 1.38. The van der Waals surface area contributed by atoms with Crippen LogP contribution in [0.2, 0.25) is 0 Å². The molecule has 0 bridgehead atoms. The molecule has 0 saturated heterocycles. The number of benzene rings is 2. The van der Waals surface area contributed by atoms with Crippen LogP contribution >= 0.6 is 11.3 Å². The summed E-state index contributed by atoms with van der Waals surface area (Å²) in [6, 6.07) is 16.6. The molecule has 5 nitrogen and oxygen atoms in total. The smallest absolute Gasteiger partial charge is 0.282 e. The van der Waals surface area contributed by atoms with Gasteiger partial charge in [0.25, 0.3) is 5.91 Å². The summed E-state index contributed by atoms with van der Waals surface area (Å²) in [6.45, 7) is 4.24. The van der Waals surface area contributed by atoms with Crippen molar-refractivity contribution in [3.63, 3.8) is 0 Å². The average Bonchev–Trinajstić information content (AvgIpc) is 3.16. The molecule has 0 unspecified atom stereocenters. The second-order valence-electron chi connectivity index (χ2n) is 6.82. The van der Waals surface area contributed by atoms with Crippen LogP contribution in [0.3, 0.4) is 0 Å². The predicted molar refractivity (Wildman–Crippen MR) is 108 cm³/mol. The molecule has 0 radical (unpaired) electrons. The van der Waals surface area contributed by atoms with Gasteiger partial charge in [-0.25, -0.2) is 0 Å². The zero-order valence-electron chi connectivity index (χ0n) is 15.3. The third-order valence-electron chi connectivity index (χ3n) is 4.77. The van der Waals surface area contributed by atoms with Crippen molar-refractivity contribution in [3.05, 3.63) is 75.2 Å². The number of hydrogen-bond acceptors (Lipinski definition) is 5. The van der Waals surface area contributed by atoms with Crippen LogP contribution < -0.4 is 10.2 Å². The van der Waals surface area contributed by atoms with Crippen LogP contribution in [-0.2, 0) is 19.5 Å². The molecule has 2 heterocycles. The first kappa shape index (κ1) is 17.7. The molecule has 1 amide bonds. The zero-order chi connectivity index (χ0) is 18.6. The van der Waals surface area contributed by atoms with Crippen molar-refractivity contribution in [1.82, 2.24) is 15.5 Å². The van der Waals surface area contributed by atoms with E-state index < -0.39 is 0 Å². The quantitative estimate of drug-likeness (QED) is 0.735. The maximum absolute atomic E-state index is 12.4. The topological polar surface area (TPSA) is 58.1 Å². The fraction of sp³-hybridized carbons (Fsp3) is 0.286. The number of amides is 1. The van der Waals surface area contributed by atoms with Gasteiger partial charge in [0.2, 0.25) is 5.01 Å². The monoisotopic (exact) mass is 378 g/mol. The van der Waals surface area contributed by atoms with Crippen LogP contribution in [0.25, 0.3) is 0 Å². The third-order valence-corrected chi connectivity index (χ3v) is 5.67. The largest absolute Gasteiger partial charge is 0.364 e. The van der Waals surface area contributed by atoms with Crippen LogP contribution in [0.1, 0.15) is 37.9 Å². The summed E-state index contributed by atoms with van der Waals surface area (Å²) < 4.78 is 0. The van der Waals surface area contributed by atoms with E-state index in [9.17, 15) is 4.79 Å². The summed E-state index contributed by atoms with van der Waals surface area (Å²) in [4.78, 5) is 14.7. The Morgan fingerprint density at radius 1 is 1.15 bits per heavy atom. The standard InChI is InChI=1S/C21H22N4OS/c1-15-8-10-16(11-9-15)13-22-20(26)21-24-23-19(27-21)14-25-12-4-6-17-5-2-3-7-18(17)25/h2-3,5,7-11H,4,6,12-14H2,1H3,(H,22,26). The molecule has 0 saturated carbocycles. The van der Waals surface area contributed by atoms with E-state index in [1.165, 1.54) is 28.2 Å². The van der Waals surface area contributed by atoms with Crippen molar-refractivity contribution >= 4 is 22.9 Å². The van der Waals surface area contributed by atoms with E-state index in [1.807, 2.05) is 31.2 Å². The molecule has 0 spiro atoms. The lowest BCUT2D eigenvalue weighted by molar-refractivity contribution is 0.0950. The molecule has 27 heavy (non-hydrogen) atoms. The molecule has 1 N–H and O–H groups in total. The molecule has 1 aliphatic rings. The van der Waals surface area contributed by atoms with E-state index in [4.69, 9.17) is 0 Å². The van der Waals surface area contributed by atoms with Crippen molar-refractivity contribution in [2.45, 2.75) is 32.9 Å². The van der Waals surface area contributed by atoms with Crippen molar-refractivity contribution in [2.24, 2.45) is 0 Å². The number of nitrogens with one attached hydrogen (secondary N) is 1. The van der Waals surface area contributed by atoms with E-state index in [0.29, 0.717) is 18.1 Å². The Hall–Kier alpha value is -2.73. The number of carbonyl (C=O) groups excluding carboxylic acids is 1. The number of aryl methyl sites for hydroxylation is 2. The van der Waals surface area contributed by atoms with Crippen molar-refractivity contribution in [2.75, 3.05) is 11.4 Å². The first-order valence-electron chi connectivity index (χ1n) is 9.18. The summed E-state index contributed by atoms with van der Waals surface area (Å²) in [5.74, 6) is -0.168. The van der Waals surface area contributed by atoms with Gasteiger partial charge in [0.05, 0.1) is 6.54 Å². The van der Waals surface area contributed by atoms with Gasteiger partial charge in [-0.3, -0.25) is 4.79 Å². The van der Waals surface area contributed by atoms with Gasteiger partial charge in [0.15, 0.2) is 0 Å². The van der Waals surface area contributed by atoms with E-state index in [1.54, 1.807) is 0 Å². The lowest BCUT2D eigenvalue weighted by atomic mass is 10.0. The molecule has 1 aromatic heterocycles. The summed E-state index contributed by atoms with van der Waals surface area (Å²) >= 11 is 1.37. The van der Waals surface area contributed by atoms with E-state index in [-0.39, 0.29) is 5.91 Å². The number of aromatic nitrogens is 2. The number of hydrogen-bond donors (Lipinski definition) is 1. The minimum atomic E-state index is -0.168. The second-order valence-corrected chi connectivity index (χ2v) is 7.89. The van der Waals surface area contributed by atoms with E-state index in [2.05, 4.69) is 44.7 Å². The molecule has 0 atom stereocenters. The van der Waals surface area contributed by atoms with Gasteiger partial charge < -0.3 is 10.2 Å². The molecule has 138 valence electrons. The highest BCUT2D eigenvalue weighted by atomic mass is 32.1. The van der Waals surface area contributed by atoms with Gasteiger partial charge in [-0.05, 0) is 37.0 Å². The van der Waals surface area contributed by atoms with Crippen LogP contribution in [-0.4, -0.2) is 22.6 Å². The average molecular weight is 379 g/mol. The lowest BCUT2D eigenvalue weighted by Crippen LogP contribution is -2.28. The molecule has 4 rings (SSSR count). The molecule has 0 fully saturated rings. The molecule has 1 aliphatic heterocycles. The summed E-state index contributed by atoms with van der Waals surface area (Å²) in [5, 5.41) is 12.5. The van der Waals surface area contributed by atoms with Crippen LogP contribution in [0.15, 0.2) is 48.5 Å². The maximum atomic E-state index is 12.4. The predicted octanol–water partition coefficient (Wildman–Crippen LogP) is 3.73. The highest BCUT2D eigenvalue weighted by molar-refractivity contribution is 7.13. The fourth-order valence-corrected chi connectivity index (χ4v) is 4.08. The van der Waals surface area contributed by atoms with Crippen molar-refractivity contribution < 1.29 is 4.79 Å². The van der Waals surface area contributed by atoms with Gasteiger partial charge in [0, 0.05) is 18.8 Å². The number of anilines is 1. The van der Waals surface area contributed by atoms with Gasteiger partial charge in [-0.1, -0.05) is 59.4 Å². The van der Waals surface area contributed by atoms with Crippen molar-refractivity contribution in [3.8, 4) is 0 Å². The van der Waals surface area contributed by atoms with Crippen LogP contribution in [0.4, 0.5) is 5.69 Å². The Bertz CT molecular complexity index is 935. The van der Waals surface area contributed by atoms with Gasteiger partial charge in [-0.15, -0.1) is 10.2 Å². The molecule has 3 aromatic rings. The fourth-order valence-electron chi connectivity index (χ4n) is 3.31. The molecular weight excluding hydrogens is 356 g/mol. The van der Waals surface area contributed by atoms with Crippen molar-refractivity contribution in [1.29, 1.82) is 0 Å². The molecule has 6 heteroatoms. The third kappa shape index (κ3) is 4.17. The maximum Gasteiger partial charge on any atom is 0.282 e. The first-order valence-corrected chi connectivity index (χ1v) is 10.00. The molecule has 0 aliphatic carbocycles. The SMILES string of the molecule is Cc1ccc(CNC(=O)c2nnc(CN3CCCc4ccccc43)s2)cc1. The van der Waals surface area contributed by atoms with E-state index in [0.717, 1.165) is 30.0 Å². The Kier molecular flexibility index (Phi) is 5.16. The Morgan fingerprint density at radius 3 is 2.81 bits per heavy atom. The zero-order valence-corrected chi connectivity index (χ0v) is 16.1. The summed E-state index contributed by atoms with van der Waals surface area (Å²) in [6.07, 6.45) is 2.26. The number of rotatable bonds is 5. The molecular formula is C21H22N4OS. The van der Waals surface area contributed by atoms with Crippen LogP contribution in [0, 0.1) is 6.92 Å². The minimum Gasteiger partial charge on any atom is -0.364 e. The van der Waals surface area contributed by atoms with Gasteiger partial charge in [-0.2, -0.15) is 0 Å². The summed E-state index contributed by atoms with van der Waals surface area (Å²) in [5.41, 5.74) is 4.93. The molecule has 2 aromatic carbocycles. The second kappa shape index (κ2) is 7.88. The summed E-state index contributed by atoms with van der Waals surface area (Å²) in [7, 11) is 0. The van der Waals surface area contributed by atoms with Gasteiger partial charge in [0.1, 0.15) is 5.01 Å². The number of fused-ring (bicyclic) bond motifs is 1. The highest BCUT2D eigenvalue weighted by Gasteiger charge is 2.19. The minimum absolute atomic E-state index is 0.168. The lowest BCUT2D eigenvalue weighted by Gasteiger charge is -2.30. The number of para-hydroxylation sites is 1. The number of nitrogens with zero attached hydrogens (tertiary/aromatic N) is 3.